The molecule has 0 unspecified atom stereocenters. The van der Waals surface area contributed by atoms with Gasteiger partial charge in [-0.2, -0.15) is 0 Å². The van der Waals surface area contributed by atoms with Gasteiger partial charge in [0.25, 0.3) is 0 Å². The Morgan fingerprint density at radius 2 is 1.90 bits per heavy atom. The van der Waals surface area contributed by atoms with Crippen molar-refractivity contribution >= 4 is 0 Å². The molecule has 0 saturated carbocycles. The van der Waals surface area contributed by atoms with Crippen LogP contribution in [0.3, 0.4) is 0 Å². The summed E-state index contributed by atoms with van der Waals surface area (Å²) in [7, 11) is 0. The van der Waals surface area contributed by atoms with Crippen molar-refractivity contribution < 1.29 is 5.11 Å². The first-order chi connectivity index (χ1) is 9.88. The smallest absolute Gasteiger partial charge is 0.0544 e. The topological polar surface area (TPSA) is 36.4 Å². The highest BCUT2D eigenvalue weighted by atomic mass is 16.3. The number of hydrogen-bond donors (Lipinski definition) is 1. The van der Waals surface area contributed by atoms with Crippen LogP contribution in [0.25, 0.3) is 0 Å². The van der Waals surface area contributed by atoms with E-state index in [1.165, 1.54) is 5.56 Å². The van der Waals surface area contributed by atoms with Crippen LogP contribution >= 0.6 is 0 Å². The zero-order valence-corrected chi connectivity index (χ0v) is 11.5. The summed E-state index contributed by atoms with van der Waals surface area (Å²) in [5.41, 5.74) is 2.38. The van der Waals surface area contributed by atoms with Crippen molar-refractivity contribution in [1.29, 1.82) is 0 Å². The van der Waals surface area contributed by atoms with Gasteiger partial charge in [-0.1, -0.05) is 36.4 Å². The molecule has 1 N–H and O–H groups in total. The molecule has 0 aliphatic carbocycles. The van der Waals surface area contributed by atoms with Gasteiger partial charge < -0.3 is 5.11 Å². The Morgan fingerprint density at radius 1 is 1.10 bits per heavy atom. The quantitative estimate of drug-likeness (QED) is 0.926. The van der Waals surface area contributed by atoms with Gasteiger partial charge >= 0.3 is 0 Å². The minimum absolute atomic E-state index is 0.248. The fourth-order valence-electron chi connectivity index (χ4n) is 3.13. The molecule has 20 heavy (non-hydrogen) atoms. The zero-order chi connectivity index (χ0) is 13.8. The van der Waals surface area contributed by atoms with Crippen molar-refractivity contribution in [3.05, 3.63) is 66.0 Å². The van der Waals surface area contributed by atoms with Crippen LogP contribution in [0.2, 0.25) is 0 Å². The number of aromatic nitrogens is 1. The van der Waals surface area contributed by atoms with E-state index in [1.54, 1.807) is 0 Å². The van der Waals surface area contributed by atoms with Crippen LogP contribution in [0.5, 0.6) is 0 Å². The molecule has 104 valence electrons. The predicted octanol–water partition coefficient (Wildman–Crippen LogP) is 2.64. The van der Waals surface area contributed by atoms with Gasteiger partial charge in [0.05, 0.1) is 5.69 Å². The Kier molecular flexibility index (Phi) is 4.09. The number of likely N-dealkylation sites (tertiary alicyclic amines) is 1. The molecule has 3 nitrogen and oxygen atoms in total. The number of nitrogens with zero attached hydrogens (tertiary/aromatic N) is 2. The van der Waals surface area contributed by atoms with Gasteiger partial charge in [0.15, 0.2) is 0 Å². The van der Waals surface area contributed by atoms with Crippen molar-refractivity contribution in [2.45, 2.75) is 19.0 Å². The maximum atomic E-state index is 9.64. The lowest BCUT2D eigenvalue weighted by atomic mass is 9.94. The van der Waals surface area contributed by atoms with Gasteiger partial charge in [0.2, 0.25) is 0 Å². The third-order valence-corrected chi connectivity index (χ3v) is 4.09. The summed E-state index contributed by atoms with van der Waals surface area (Å²) in [4.78, 5) is 6.85. The summed E-state index contributed by atoms with van der Waals surface area (Å²) in [6.07, 6.45) is 2.88. The van der Waals surface area contributed by atoms with Gasteiger partial charge in [-0.3, -0.25) is 9.88 Å². The van der Waals surface area contributed by atoms with E-state index in [0.29, 0.717) is 12.0 Å². The monoisotopic (exact) mass is 268 g/mol. The predicted molar refractivity (Wildman–Crippen MR) is 79.0 cm³/mol. The molecule has 1 aliphatic heterocycles. The molecule has 0 amide bonds. The van der Waals surface area contributed by atoms with E-state index in [1.807, 2.05) is 24.4 Å². The minimum Gasteiger partial charge on any atom is -0.396 e. The number of aliphatic hydroxyl groups is 1. The van der Waals surface area contributed by atoms with E-state index < -0.39 is 0 Å². The lowest BCUT2D eigenvalue weighted by molar-refractivity contribution is 0.161. The van der Waals surface area contributed by atoms with Gasteiger partial charge in [-0.05, 0) is 30.7 Å². The average Bonchev–Trinajstić information content (AvgIpc) is 2.92. The fourth-order valence-corrected chi connectivity index (χ4v) is 3.13. The molecule has 2 atom stereocenters. The van der Waals surface area contributed by atoms with E-state index in [2.05, 4.69) is 40.2 Å². The highest BCUT2D eigenvalue weighted by Crippen LogP contribution is 2.37. The largest absolute Gasteiger partial charge is 0.396 e. The van der Waals surface area contributed by atoms with Crippen LogP contribution in [0, 0.1) is 5.92 Å². The summed E-state index contributed by atoms with van der Waals surface area (Å²) in [6.45, 7) is 2.11. The van der Waals surface area contributed by atoms with Crippen LogP contribution in [-0.2, 0) is 6.54 Å². The molecule has 0 bridgehead atoms. The van der Waals surface area contributed by atoms with Crippen molar-refractivity contribution in [2.24, 2.45) is 5.92 Å². The molecular formula is C17H20N2O. The summed E-state index contributed by atoms with van der Waals surface area (Å²) in [5, 5.41) is 9.64. The standard InChI is InChI=1S/C17H20N2O/c20-13-15-9-11-19(12-16-8-4-5-10-18-16)17(15)14-6-2-1-3-7-14/h1-8,10,15,17,20H,9,11-13H2/t15-,17+/m1/s1. The lowest BCUT2D eigenvalue weighted by Gasteiger charge is -2.27. The second-order valence-corrected chi connectivity index (χ2v) is 5.38. The summed E-state index contributed by atoms with van der Waals surface area (Å²) < 4.78 is 0. The van der Waals surface area contributed by atoms with Crippen molar-refractivity contribution in [2.75, 3.05) is 13.2 Å². The molecule has 1 aromatic heterocycles. The third kappa shape index (κ3) is 2.74. The molecule has 2 aromatic rings. The Hall–Kier alpha value is -1.71. The Labute approximate surface area is 119 Å². The number of aliphatic hydroxyl groups excluding tert-OH is 1. The van der Waals surface area contributed by atoms with Crippen LogP contribution < -0.4 is 0 Å². The van der Waals surface area contributed by atoms with Gasteiger partial charge in [0.1, 0.15) is 0 Å². The number of rotatable bonds is 4. The number of pyridine rings is 1. The third-order valence-electron chi connectivity index (χ3n) is 4.09. The normalized spacial score (nSPS) is 23.1. The van der Waals surface area contributed by atoms with Gasteiger partial charge in [0, 0.05) is 31.3 Å². The van der Waals surface area contributed by atoms with E-state index in [0.717, 1.165) is 25.2 Å². The summed E-state index contributed by atoms with van der Waals surface area (Å²) in [6, 6.07) is 16.8. The van der Waals surface area contributed by atoms with Crippen LogP contribution in [-0.4, -0.2) is 28.1 Å². The molecule has 1 saturated heterocycles. The van der Waals surface area contributed by atoms with E-state index >= 15 is 0 Å². The molecule has 2 heterocycles. The zero-order valence-electron chi connectivity index (χ0n) is 11.5. The molecule has 0 radical (unpaired) electrons. The molecule has 3 heteroatoms. The van der Waals surface area contributed by atoms with Gasteiger partial charge in [-0.15, -0.1) is 0 Å². The first-order valence-corrected chi connectivity index (χ1v) is 7.18. The molecule has 3 rings (SSSR count). The number of benzene rings is 1. The molecule has 1 fully saturated rings. The van der Waals surface area contributed by atoms with Crippen LogP contribution in [0.15, 0.2) is 54.7 Å². The fraction of sp³-hybridized carbons (Fsp3) is 0.353. The van der Waals surface area contributed by atoms with Crippen LogP contribution in [0.4, 0.5) is 0 Å². The minimum atomic E-state index is 0.248. The Morgan fingerprint density at radius 3 is 2.60 bits per heavy atom. The highest BCUT2D eigenvalue weighted by molar-refractivity contribution is 5.21. The SMILES string of the molecule is OC[C@H]1CCN(Cc2ccccn2)[C@H]1c1ccccc1. The first-order valence-electron chi connectivity index (χ1n) is 7.18. The highest BCUT2D eigenvalue weighted by Gasteiger charge is 2.34. The molecular weight excluding hydrogens is 248 g/mol. The second kappa shape index (κ2) is 6.16. The lowest BCUT2D eigenvalue weighted by Crippen LogP contribution is -2.26. The van der Waals surface area contributed by atoms with E-state index in [4.69, 9.17) is 0 Å². The second-order valence-electron chi connectivity index (χ2n) is 5.38. The van der Waals surface area contributed by atoms with Crippen LogP contribution in [0.1, 0.15) is 23.7 Å². The summed E-state index contributed by atoms with van der Waals surface area (Å²) in [5.74, 6) is 0.320. The molecule has 1 aromatic carbocycles. The molecule has 1 aliphatic rings. The number of hydrogen-bond acceptors (Lipinski definition) is 3. The van der Waals surface area contributed by atoms with Crippen molar-refractivity contribution in [3.63, 3.8) is 0 Å². The van der Waals surface area contributed by atoms with Crippen molar-refractivity contribution in [3.8, 4) is 0 Å². The maximum absolute atomic E-state index is 9.64. The maximum Gasteiger partial charge on any atom is 0.0544 e. The van der Waals surface area contributed by atoms with E-state index in [9.17, 15) is 5.11 Å². The average molecular weight is 268 g/mol. The molecule has 0 spiro atoms. The summed E-state index contributed by atoms with van der Waals surface area (Å²) >= 11 is 0. The Balaban J connectivity index is 1.83. The Bertz CT molecular complexity index is 529. The first kappa shape index (κ1) is 13.3. The van der Waals surface area contributed by atoms with E-state index in [-0.39, 0.29) is 6.61 Å². The van der Waals surface area contributed by atoms with Gasteiger partial charge in [-0.25, -0.2) is 0 Å². The van der Waals surface area contributed by atoms with Crippen molar-refractivity contribution in [1.82, 2.24) is 9.88 Å².